The van der Waals surface area contributed by atoms with Gasteiger partial charge in [-0.2, -0.15) is 0 Å². The number of amides is 1. The molecule has 0 saturated carbocycles. The van der Waals surface area contributed by atoms with E-state index < -0.39 is 0 Å². The van der Waals surface area contributed by atoms with Crippen molar-refractivity contribution in [1.29, 1.82) is 0 Å². The van der Waals surface area contributed by atoms with Crippen LogP contribution in [-0.2, 0) is 4.79 Å². The maximum atomic E-state index is 11.8. The van der Waals surface area contributed by atoms with E-state index in [1.807, 2.05) is 6.92 Å². The van der Waals surface area contributed by atoms with Crippen molar-refractivity contribution < 1.29 is 9.90 Å². The van der Waals surface area contributed by atoms with Crippen molar-refractivity contribution in [2.24, 2.45) is 5.92 Å². The Morgan fingerprint density at radius 1 is 1.38 bits per heavy atom. The van der Waals surface area contributed by atoms with Crippen LogP contribution in [0, 0.1) is 19.8 Å². The number of carbonyl (C=O) groups is 1. The molecule has 1 aromatic rings. The fourth-order valence-corrected chi connectivity index (χ4v) is 3.27. The van der Waals surface area contributed by atoms with Gasteiger partial charge < -0.3 is 10.4 Å². The first-order valence-electron chi connectivity index (χ1n) is 7.21. The number of halogens is 1. The summed E-state index contributed by atoms with van der Waals surface area (Å²) in [4.78, 5) is 13.0. The third-order valence-electron chi connectivity index (χ3n) is 3.32. The smallest absolute Gasteiger partial charge is 0.230 e. The van der Waals surface area contributed by atoms with Crippen LogP contribution in [0.3, 0.4) is 0 Å². The number of benzene rings is 1. The Morgan fingerprint density at radius 2 is 2.10 bits per heavy atom. The number of hydrogen-bond acceptors (Lipinski definition) is 3. The van der Waals surface area contributed by atoms with Gasteiger partial charge in [0.2, 0.25) is 5.91 Å². The van der Waals surface area contributed by atoms with Crippen molar-refractivity contribution in [2.75, 3.05) is 18.9 Å². The zero-order chi connectivity index (χ0) is 15.8. The monoisotopic (exact) mass is 373 g/mol. The molecule has 0 aliphatic carbocycles. The van der Waals surface area contributed by atoms with Gasteiger partial charge in [-0.3, -0.25) is 4.79 Å². The molecule has 1 rings (SSSR count). The first-order valence-corrected chi connectivity index (χ1v) is 8.99. The van der Waals surface area contributed by atoms with Crippen molar-refractivity contribution in [3.8, 4) is 0 Å². The molecule has 1 atom stereocenters. The molecule has 0 fully saturated rings. The molecule has 1 unspecified atom stereocenters. The van der Waals surface area contributed by atoms with E-state index in [4.69, 9.17) is 5.11 Å². The normalized spacial score (nSPS) is 12.2. The Balaban J connectivity index is 2.32. The van der Waals surface area contributed by atoms with Crippen molar-refractivity contribution in [3.05, 3.63) is 27.7 Å². The molecule has 0 aromatic heterocycles. The maximum absolute atomic E-state index is 11.8. The van der Waals surface area contributed by atoms with Gasteiger partial charge in [-0.05, 0) is 55.9 Å². The third-order valence-corrected chi connectivity index (χ3v) is 5.33. The fraction of sp³-hybridized carbons (Fsp3) is 0.562. The summed E-state index contributed by atoms with van der Waals surface area (Å²) < 4.78 is 1.10. The van der Waals surface area contributed by atoms with Gasteiger partial charge >= 0.3 is 0 Å². The average Bonchev–Trinajstić information content (AvgIpc) is 2.45. The molecule has 0 bridgehead atoms. The van der Waals surface area contributed by atoms with Crippen molar-refractivity contribution in [3.63, 3.8) is 0 Å². The Morgan fingerprint density at radius 3 is 2.76 bits per heavy atom. The quantitative estimate of drug-likeness (QED) is 0.539. The van der Waals surface area contributed by atoms with Gasteiger partial charge in [0, 0.05) is 22.5 Å². The first-order chi connectivity index (χ1) is 9.93. The Hall–Kier alpha value is -0.520. The molecule has 3 nitrogen and oxygen atoms in total. The minimum absolute atomic E-state index is 0.0663. The standard InChI is InChI=1S/C16H24BrNO2S/c1-11(9-19)5-4-6-18-16(20)10-21-15-8-12(2)14(17)7-13(15)3/h7-8,11,19H,4-6,9-10H2,1-3H3,(H,18,20). The molecule has 21 heavy (non-hydrogen) atoms. The van der Waals surface area contributed by atoms with Gasteiger partial charge in [0.1, 0.15) is 0 Å². The second-order valence-corrected chi connectivity index (χ2v) is 7.31. The van der Waals surface area contributed by atoms with Crippen LogP contribution in [-0.4, -0.2) is 29.9 Å². The number of carbonyl (C=O) groups excluding carboxylic acids is 1. The second kappa shape index (κ2) is 9.49. The topological polar surface area (TPSA) is 49.3 Å². The van der Waals surface area contributed by atoms with Gasteiger partial charge in [0.05, 0.1) is 5.75 Å². The highest BCUT2D eigenvalue weighted by Gasteiger charge is 2.07. The molecule has 0 aliphatic rings. The predicted octanol–water partition coefficient (Wildman–Crippen LogP) is 3.68. The molecule has 0 spiro atoms. The average molecular weight is 374 g/mol. The molecule has 118 valence electrons. The number of nitrogens with one attached hydrogen (secondary N) is 1. The van der Waals surface area contributed by atoms with E-state index in [1.165, 1.54) is 11.1 Å². The van der Waals surface area contributed by atoms with Crippen LogP contribution in [0.25, 0.3) is 0 Å². The lowest BCUT2D eigenvalue weighted by Crippen LogP contribution is -2.26. The number of thioether (sulfide) groups is 1. The molecular formula is C16H24BrNO2S. The van der Waals surface area contributed by atoms with Gasteiger partial charge in [-0.25, -0.2) is 0 Å². The number of rotatable bonds is 8. The Bertz CT molecular complexity index is 480. The SMILES string of the molecule is Cc1cc(SCC(=O)NCCCC(C)CO)c(C)cc1Br. The lowest BCUT2D eigenvalue weighted by atomic mass is 10.1. The minimum Gasteiger partial charge on any atom is -0.396 e. The van der Waals surface area contributed by atoms with Crippen LogP contribution in [0.5, 0.6) is 0 Å². The van der Waals surface area contributed by atoms with E-state index in [0.29, 0.717) is 18.2 Å². The molecule has 0 saturated heterocycles. The van der Waals surface area contributed by atoms with Gasteiger partial charge in [-0.1, -0.05) is 22.9 Å². The zero-order valence-corrected chi connectivity index (χ0v) is 15.3. The minimum atomic E-state index is 0.0663. The maximum Gasteiger partial charge on any atom is 0.230 e. The first kappa shape index (κ1) is 18.5. The Labute approximate surface area is 140 Å². The summed E-state index contributed by atoms with van der Waals surface area (Å²) in [5, 5.41) is 11.9. The number of hydrogen-bond donors (Lipinski definition) is 2. The number of aryl methyl sites for hydroxylation is 2. The molecule has 0 radical (unpaired) electrons. The van der Waals surface area contributed by atoms with E-state index in [-0.39, 0.29) is 12.5 Å². The predicted molar refractivity (Wildman–Crippen MR) is 92.8 cm³/mol. The van der Waals surface area contributed by atoms with E-state index >= 15 is 0 Å². The fourth-order valence-electron chi connectivity index (χ4n) is 1.87. The van der Waals surface area contributed by atoms with Gasteiger partial charge in [0.15, 0.2) is 0 Å². The Kier molecular flexibility index (Phi) is 8.37. The van der Waals surface area contributed by atoms with Crippen molar-refractivity contribution >= 4 is 33.6 Å². The summed E-state index contributed by atoms with van der Waals surface area (Å²) >= 11 is 5.09. The molecule has 2 N–H and O–H groups in total. The highest BCUT2D eigenvalue weighted by molar-refractivity contribution is 9.10. The number of aliphatic hydroxyl groups is 1. The highest BCUT2D eigenvalue weighted by Crippen LogP contribution is 2.28. The van der Waals surface area contributed by atoms with E-state index in [0.717, 1.165) is 22.2 Å². The lowest BCUT2D eigenvalue weighted by Gasteiger charge is -2.10. The van der Waals surface area contributed by atoms with E-state index in [2.05, 4.69) is 47.2 Å². The summed E-state index contributed by atoms with van der Waals surface area (Å²) in [5.41, 5.74) is 2.36. The molecular weight excluding hydrogens is 350 g/mol. The summed E-state index contributed by atoms with van der Waals surface area (Å²) in [6.07, 6.45) is 1.85. The van der Waals surface area contributed by atoms with Crippen molar-refractivity contribution in [2.45, 2.75) is 38.5 Å². The number of aliphatic hydroxyl groups excluding tert-OH is 1. The van der Waals surface area contributed by atoms with Crippen LogP contribution < -0.4 is 5.32 Å². The molecule has 0 heterocycles. The van der Waals surface area contributed by atoms with E-state index in [1.54, 1.807) is 11.8 Å². The van der Waals surface area contributed by atoms with Crippen molar-refractivity contribution in [1.82, 2.24) is 5.32 Å². The summed E-state index contributed by atoms with van der Waals surface area (Å²) in [7, 11) is 0. The summed E-state index contributed by atoms with van der Waals surface area (Å²) in [6, 6.07) is 4.20. The second-order valence-electron chi connectivity index (χ2n) is 5.44. The third kappa shape index (κ3) is 6.85. The van der Waals surface area contributed by atoms with Crippen LogP contribution in [0.4, 0.5) is 0 Å². The molecule has 0 aliphatic heterocycles. The largest absolute Gasteiger partial charge is 0.396 e. The lowest BCUT2D eigenvalue weighted by molar-refractivity contribution is -0.118. The van der Waals surface area contributed by atoms with Gasteiger partial charge in [0.25, 0.3) is 0 Å². The van der Waals surface area contributed by atoms with Crippen LogP contribution in [0.15, 0.2) is 21.5 Å². The van der Waals surface area contributed by atoms with Gasteiger partial charge in [-0.15, -0.1) is 11.8 Å². The zero-order valence-electron chi connectivity index (χ0n) is 12.9. The van der Waals surface area contributed by atoms with Crippen LogP contribution in [0.1, 0.15) is 30.9 Å². The summed E-state index contributed by atoms with van der Waals surface area (Å²) in [6.45, 7) is 7.01. The highest BCUT2D eigenvalue weighted by atomic mass is 79.9. The summed E-state index contributed by atoms with van der Waals surface area (Å²) in [5.74, 6) is 0.818. The molecule has 1 amide bonds. The van der Waals surface area contributed by atoms with Crippen LogP contribution >= 0.6 is 27.7 Å². The van der Waals surface area contributed by atoms with E-state index in [9.17, 15) is 4.79 Å². The molecule has 1 aromatic carbocycles. The molecule has 5 heteroatoms. The van der Waals surface area contributed by atoms with Crippen LogP contribution in [0.2, 0.25) is 0 Å².